The highest BCUT2D eigenvalue weighted by Crippen LogP contribution is 2.42. The van der Waals surface area contributed by atoms with Crippen molar-refractivity contribution < 1.29 is 0 Å². The van der Waals surface area contributed by atoms with E-state index >= 15 is 0 Å². The molecule has 0 radical (unpaired) electrons. The summed E-state index contributed by atoms with van der Waals surface area (Å²) in [5, 5.41) is 2.29. The Balaban J connectivity index is 2.90. The van der Waals surface area contributed by atoms with Crippen molar-refractivity contribution in [2.75, 3.05) is 0 Å². The lowest BCUT2D eigenvalue weighted by Crippen LogP contribution is -2.33. The molecule has 2 heteroatoms. The second-order valence-electron chi connectivity index (χ2n) is 6.38. The standard InChI is InChI=1S/C18H33NS/c1-5-8-11-16(12-9-6-2)18(4,13-10-7-3)17-14-20-15-19-17/h14-16H,5-13H2,1-4H3. The van der Waals surface area contributed by atoms with Crippen molar-refractivity contribution in [1.29, 1.82) is 0 Å². The molecule has 1 unspecified atom stereocenters. The van der Waals surface area contributed by atoms with Crippen molar-refractivity contribution in [3.8, 4) is 0 Å². The Morgan fingerprint density at radius 3 is 2.10 bits per heavy atom. The number of unbranched alkanes of at least 4 members (excludes halogenated alkanes) is 3. The van der Waals surface area contributed by atoms with Crippen molar-refractivity contribution in [3.63, 3.8) is 0 Å². The van der Waals surface area contributed by atoms with Crippen LogP contribution >= 0.6 is 11.3 Å². The summed E-state index contributed by atoms with van der Waals surface area (Å²) in [5.41, 5.74) is 3.66. The smallest absolute Gasteiger partial charge is 0.0794 e. The average molecular weight is 296 g/mol. The minimum atomic E-state index is 0.292. The Kier molecular flexibility index (Phi) is 8.44. The van der Waals surface area contributed by atoms with Gasteiger partial charge in [0.15, 0.2) is 0 Å². The molecule has 116 valence electrons. The van der Waals surface area contributed by atoms with Gasteiger partial charge in [-0.05, 0) is 25.2 Å². The molecular weight excluding hydrogens is 262 g/mol. The molecule has 1 heterocycles. The molecule has 0 N–H and O–H groups in total. The van der Waals surface area contributed by atoms with E-state index in [0.717, 1.165) is 5.92 Å². The highest BCUT2D eigenvalue weighted by Gasteiger charge is 2.35. The van der Waals surface area contributed by atoms with E-state index in [1.54, 1.807) is 11.3 Å². The molecule has 0 bridgehead atoms. The summed E-state index contributed by atoms with van der Waals surface area (Å²) in [5.74, 6) is 0.802. The SMILES string of the molecule is CCCCC(CCCC)C(C)(CCCC)c1cscn1. The van der Waals surface area contributed by atoms with E-state index < -0.39 is 0 Å². The van der Waals surface area contributed by atoms with E-state index in [9.17, 15) is 0 Å². The van der Waals surface area contributed by atoms with Gasteiger partial charge in [-0.15, -0.1) is 11.3 Å². The Labute approximate surface area is 130 Å². The van der Waals surface area contributed by atoms with Gasteiger partial charge in [0.2, 0.25) is 0 Å². The molecule has 0 aliphatic carbocycles. The van der Waals surface area contributed by atoms with Gasteiger partial charge in [-0.1, -0.05) is 66.2 Å². The molecule has 0 aromatic carbocycles. The van der Waals surface area contributed by atoms with Crippen molar-refractivity contribution in [1.82, 2.24) is 4.98 Å². The minimum absolute atomic E-state index is 0.292. The van der Waals surface area contributed by atoms with Crippen molar-refractivity contribution in [2.45, 2.75) is 90.9 Å². The van der Waals surface area contributed by atoms with Gasteiger partial charge in [0.25, 0.3) is 0 Å². The number of aromatic nitrogens is 1. The molecule has 0 spiro atoms. The normalized spacial score (nSPS) is 14.7. The van der Waals surface area contributed by atoms with Gasteiger partial charge >= 0.3 is 0 Å². The Bertz CT molecular complexity index is 325. The third-order valence-corrected chi connectivity index (χ3v) is 5.37. The van der Waals surface area contributed by atoms with Crippen LogP contribution in [0.25, 0.3) is 0 Å². The third-order valence-electron chi connectivity index (χ3n) is 4.78. The predicted octanol–water partition coefficient (Wildman–Crippen LogP) is 6.59. The van der Waals surface area contributed by atoms with E-state index in [1.807, 2.05) is 5.51 Å². The van der Waals surface area contributed by atoms with Crippen LogP contribution in [0.5, 0.6) is 0 Å². The lowest BCUT2D eigenvalue weighted by atomic mass is 9.67. The minimum Gasteiger partial charge on any atom is -0.249 e. The maximum absolute atomic E-state index is 4.70. The lowest BCUT2D eigenvalue weighted by molar-refractivity contribution is 0.222. The van der Waals surface area contributed by atoms with Crippen LogP contribution in [-0.4, -0.2) is 4.98 Å². The van der Waals surface area contributed by atoms with Gasteiger partial charge in [0, 0.05) is 10.8 Å². The first-order valence-electron chi connectivity index (χ1n) is 8.57. The van der Waals surface area contributed by atoms with Crippen LogP contribution in [0, 0.1) is 5.92 Å². The largest absolute Gasteiger partial charge is 0.249 e. The summed E-state index contributed by atoms with van der Waals surface area (Å²) in [6, 6.07) is 0. The monoisotopic (exact) mass is 295 g/mol. The van der Waals surface area contributed by atoms with Crippen molar-refractivity contribution in [3.05, 3.63) is 16.6 Å². The first-order valence-corrected chi connectivity index (χ1v) is 9.51. The molecule has 1 nitrogen and oxygen atoms in total. The van der Waals surface area contributed by atoms with Gasteiger partial charge in [0.05, 0.1) is 11.2 Å². The van der Waals surface area contributed by atoms with Gasteiger partial charge in [0.1, 0.15) is 0 Å². The van der Waals surface area contributed by atoms with Gasteiger partial charge < -0.3 is 0 Å². The summed E-state index contributed by atoms with van der Waals surface area (Å²) < 4.78 is 0. The average Bonchev–Trinajstić information content (AvgIpc) is 2.99. The van der Waals surface area contributed by atoms with Crippen LogP contribution in [0.2, 0.25) is 0 Å². The van der Waals surface area contributed by atoms with E-state index in [1.165, 1.54) is 63.5 Å². The highest BCUT2D eigenvalue weighted by atomic mass is 32.1. The maximum atomic E-state index is 4.70. The zero-order valence-corrected chi connectivity index (χ0v) is 14.8. The second kappa shape index (κ2) is 9.55. The first-order chi connectivity index (χ1) is 9.69. The first kappa shape index (κ1) is 17.7. The highest BCUT2D eigenvalue weighted by molar-refractivity contribution is 7.07. The summed E-state index contributed by atoms with van der Waals surface area (Å²) in [6.45, 7) is 9.40. The number of hydrogen-bond acceptors (Lipinski definition) is 2. The van der Waals surface area contributed by atoms with E-state index in [-0.39, 0.29) is 0 Å². The molecule has 0 saturated heterocycles. The topological polar surface area (TPSA) is 12.9 Å². The summed E-state index contributed by atoms with van der Waals surface area (Å²) in [4.78, 5) is 4.70. The predicted molar refractivity (Wildman–Crippen MR) is 91.5 cm³/mol. The fourth-order valence-corrected chi connectivity index (χ4v) is 3.96. The fraction of sp³-hybridized carbons (Fsp3) is 0.833. The van der Waals surface area contributed by atoms with E-state index in [4.69, 9.17) is 4.98 Å². The Morgan fingerprint density at radius 1 is 1.05 bits per heavy atom. The summed E-state index contributed by atoms with van der Waals surface area (Å²) in [7, 11) is 0. The van der Waals surface area contributed by atoms with Gasteiger partial charge in [-0.2, -0.15) is 0 Å². The quantitative estimate of drug-likeness (QED) is 0.449. The molecule has 1 aromatic rings. The Hall–Kier alpha value is -0.370. The van der Waals surface area contributed by atoms with E-state index in [2.05, 4.69) is 33.1 Å². The van der Waals surface area contributed by atoms with Crippen LogP contribution < -0.4 is 0 Å². The van der Waals surface area contributed by atoms with E-state index in [0.29, 0.717) is 5.41 Å². The molecule has 1 rings (SSSR count). The molecule has 1 aromatic heterocycles. The van der Waals surface area contributed by atoms with Crippen LogP contribution in [0.1, 0.15) is 91.2 Å². The summed E-state index contributed by atoms with van der Waals surface area (Å²) >= 11 is 1.75. The third kappa shape index (κ3) is 4.87. The maximum Gasteiger partial charge on any atom is 0.0794 e. The van der Waals surface area contributed by atoms with Gasteiger partial charge in [-0.3, -0.25) is 0 Å². The second-order valence-corrected chi connectivity index (χ2v) is 7.09. The molecular formula is C18H33NS. The molecule has 0 aliphatic rings. The number of hydrogen-bond donors (Lipinski definition) is 0. The molecule has 0 aliphatic heterocycles. The Morgan fingerprint density at radius 2 is 1.65 bits per heavy atom. The van der Waals surface area contributed by atoms with Crippen LogP contribution in [0.3, 0.4) is 0 Å². The van der Waals surface area contributed by atoms with Crippen LogP contribution in [0.15, 0.2) is 10.9 Å². The number of thiazole rings is 1. The molecule has 1 atom stereocenters. The number of nitrogens with zero attached hydrogens (tertiary/aromatic N) is 1. The summed E-state index contributed by atoms with van der Waals surface area (Å²) in [6.07, 6.45) is 12.0. The lowest BCUT2D eigenvalue weighted by Gasteiger charge is -2.37. The molecule has 0 amide bonds. The van der Waals surface area contributed by atoms with Gasteiger partial charge in [-0.25, -0.2) is 4.98 Å². The van der Waals surface area contributed by atoms with Crippen LogP contribution in [-0.2, 0) is 5.41 Å². The number of rotatable bonds is 11. The molecule has 0 saturated carbocycles. The van der Waals surface area contributed by atoms with Crippen molar-refractivity contribution >= 4 is 11.3 Å². The molecule has 20 heavy (non-hydrogen) atoms. The fourth-order valence-electron chi connectivity index (χ4n) is 3.26. The zero-order valence-electron chi connectivity index (χ0n) is 14.0. The molecule has 0 fully saturated rings. The van der Waals surface area contributed by atoms with Crippen LogP contribution in [0.4, 0.5) is 0 Å². The zero-order chi connectivity index (χ0) is 14.8. The van der Waals surface area contributed by atoms with Crippen molar-refractivity contribution in [2.24, 2.45) is 5.92 Å².